The van der Waals surface area contributed by atoms with Crippen LogP contribution in [0.25, 0.3) is 22.0 Å². The van der Waals surface area contributed by atoms with Crippen LogP contribution in [0.15, 0.2) is 61.1 Å². The molecule has 0 bridgehead atoms. The second kappa shape index (κ2) is 10.8. The smallest absolute Gasteiger partial charge is 0.119 e. The lowest BCUT2D eigenvalue weighted by Crippen LogP contribution is -2.44. The molecule has 1 fully saturated rings. The predicted octanol–water partition coefficient (Wildman–Crippen LogP) is 5.17. The molecule has 1 aliphatic rings. The summed E-state index contributed by atoms with van der Waals surface area (Å²) < 4.78 is 6.01. The number of anilines is 2. The van der Waals surface area contributed by atoms with Crippen molar-refractivity contribution in [3.63, 3.8) is 0 Å². The number of aryl methyl sites for hydroxylation is 1. The summed E-state index contributed by atoms with van der Waals surface area (Å²) in [6.07, 6.45) is 6.36. The van der Waals surface area contributed by atoms with E-state index in [2.05, 4.69) is 51.2 Å². The number of nitrogens with one attached hydrogen (secondary N) is 2. The summed E-state index contributed by atoms with van der Waals surface area (Å²) in [7, 11) is 2.18. The Labute approximate surface area is 212 Å². The largest absolute Gasteiger partial charge is 0.494 e. The first-order valence-electron chi connectivity index (χ1n) is 12.5. The van der Waals surface area contributed by atoms with E-state index in [0.717, 1.165) is 83.9 Å². The number of nitriles is 1. The Kier molecular flexibility index (Phi) is 7.17. The van der Waals surface area contributed by atoms with Gasteiger partial charge in [0.05, 0.1) is 17.9 Å². The van der Waals surface area contributed by atoms with E-state index in [1.54, 1.807) is 12.4 Å². The molecule has 4 aromatic rings. The Hall–Kier alpha value is -3.86. The van der Waals surface area contributed by atoms with Crippen molar-refractivity contribution in [3.05, 3.63) is 72.2 Å². The van der Waals surface area contributed by atoms with Crippen LogP contribution >= 0.6 is 0 Å². The van der Waals surface area contributed by atoms with Gasteiger partial charge in [-0.1, -0.05) is 12.1 Å². The molecule has 7 nitrogen and oxygen atoms in total. The second-order valence-corrected chi connectivity index (χ2v) is 9.39. The summed E-state index contributed by atoms with van der Waals surface area (Å²) in [5.74, 6) is 0.852. The zero-order valence-electron chi connectivity index (χ0n) is 20.9. The van der Waals surface area contributed by atoms with E-state index in [1.807, 2.05) is 42.6 Å². The van der Waals surface area contributed by atoms with Crippen LogP contribution in [0.5, 0.6) is 5.75 Å². The molecule has 3 heterocycles. The van der Waals surface area contributed by atoms with Gasteiger partial charge < -0.3 is 24.8 Å². The van der Waals surface area contributed by atoms with Crippen LogP contribution in [0.2, 0.25) is 0 Å². The molecule has 2 N–H and O–H groups in total. The Bertz CT molecular complexity index is 1360. The van der Waals surface area contributed by atoms with Gasteiger partial charge >= 0.3 is 0 Å². The third kappa shape index (κ3) is 5.20. The highest BCUT2D eigenvalue weighted by molar-refractivity contribution is 5.91. The summed E-state index contributed by atoms with van der Waals surface area (Å²) in [5, 5.41) is 14.5. The van der Waals surface area contributed by atoms with Crippen molar-refractivity contribution in [3.8, 4) is 22.9 Å². The van der Waals surface area contributed by atoms with Crippen LogP contribution in [-0.4, -0.2) is 66.1 Å². The van der Waals surface area contributed by atoms with E-state index in [1.165, 1.54) is 0 Å². The number of aromatic nitrogens is 2. The second-order valence-electron chi connectivity index (χ2n) is 9.39. The van der Waals surface area contributed by atoms with Crippen molar-refractivity contribution in [2.45, 2.75) is 13.3 Å². The molecule has 184 valence electrons. The van der Waals surface area contributed by atoms with E-state index in [0.29, 0.717) is 12.2 Å². The summed E-state index contributed by atoms with van der Waals surface area (Å²) in [6.45, 7) is 8.40. The molecule has 0 saturated carbocycles. The van der Waals surface area contributed by atoms with Gasteiger partial charge in [-0.3, -0.25) is 4.98 Å². The van der Waals surface area contributed by atoms with Gasteiger partial charge in [-0.25, -0.2) is 0 Å². The van der Waals surface area contributed by atoms with Crippen LogP contribution in [0.4, 0.5) is 11.4 Å². The highest BCUT2D eigenvalue weighted by Crippen LogP contribution is 2.35. The number of hydrogen-bond donors (Lipinski definition) is 2. The van der Waals surface area contributed by atoms with Gasteiger partial charge in [0.15, 0.2) is 0 Å². The maximum Gasteiger partial charge on any atom is 0.119 e. The Morgan fingerprint density at radius 3 is 2.64 bits per heavy atom. The third-order valence-corrected chi connectivity index (χ3v) is 6.98. The summed E-state index contributed by atoms with van der Waals surface area (Å²) in [6, 6.07) is 16.5. The average molecular weight is 481 g/mol. The summed E-state index contributed by atoms with van der Waals surface area (Å²) in [4.78, 5) is 12.5. The molecule has 5 rings (SSSR count). The summed E-state index contributed by atoms with van der Waals surface area (Å²) >= 11 is 0. The van der Waals surface area contributed by atoms with Crippen molar-refractivity contribution in [1.29, 1.82) is 5.26 Å². The van der Waals surface area contributed by atoms with Gasteiger partial charge in [0.25, 0.3) is 0 Å². The van der Waals surface area contributed by atoms with Gasteiger partial charge in [-0.15, -0.1) is 0 Å². The Morgan fingerprint density at radius 2 is 1.86 bits per heavy atom. The van der Waals surface area contributed by atoms with Crippen LogP contribution < -0.4 is 10.1 Å². The van der Waals surface area contributed by atoms with Gasteiger partial charge in [-0.05, 0) is 61.9 Å². The van der Waals surface area contributed by atoms with Crippen molar-refractivity contribution in [2.24, 2.45) is 0 Å². The molecular formula is C29H32N6O. The van der Waals surface area contributed by atoms with E-state index >= 15 is 0 Å². The van der Waals surface area contributed by atoms with Gasteiger partial charge in [0, 0.05) is 73.5 Å². The van der Waals surface area contributed by atoms with Gasteiger partial charge in [0.1, 0.15) is 11.8 Å². The number of benzene rings is 2. The number of aromatic amines is 1. The van der Waals surface area contributed by atoms with Crippen molar-refractivity contribution < 1.29 is 4.74 Å². The predicted molar refractivity (Wildman–Crippen MR) is 145 cm³/mol. The molecule has 1 aliphatic heterocycles. The van der Waals surface area contributed by atoms with Crippen LogP contribution in [0, 0.1) is 18.3 Å². The molecule has 1 saturated heterocycles. The van der Waals surface area contributed by atoms with E-state index in [4.69, 9.17) is 4.74 Å². The molecule has 0 spiro atoms. The molecule has 0 atom stereocenters. The molecule has 0 aliphatic carbocycles. The standard InChI is InChI=1S/C29H32N6O/c1-21-25-10-11-32-28(25)9-8-27(21)33-29-23(18-30)19-31-20-26(29)22-4-6-24(7-5-22)36-17-3-12-35-15-13-34(2)14-16-35/h4-11,19-20,32H,3,12-17H2,1-2H3,(H,31,33). The highest BCUT2D eigenvalue weighted by Gasteiger charge is 2.15. The first-order chi connectivity index (χ1) is 17.6. The number of fused-ring (bicyclic) bond motifs is 1. The number of pyridine rings is 1. The monoisotopic (exact) mass is 480 g/mol. The van der Waals surface area contributed by atoms with Crippen LogP contribution in [0.3, 0.4) is 0 Å². The fraction of sp³-hybridized carbons (Fsp3) is 0.310. The fourth-order valence-electron chi connectivity index (χ4n) is 4.73. The minimum absolute atomic E-state index is 0.505. The SMILES string of the molecule is Cc1c(Nc2c(C#N)cncc2-c2ccc(OCCCN3CCN(C)CC3)cc2)ccc2[nH]ccc12. The molecule has 2 aromatic heterocycles. The Morgan fingerprint density at radius 1 is 1.06 bits per heavy atom. The molecule has 2 aromatic carbocycles. The average Bonchev–Trinajstić information content (AvgIpc) is 3.40. The Balaban J connectivity index is 1.28. The number of nitrogens with zero attached hydrogens (tertiary/aromatic N) is 4. The van der Waals surface area contributed by atoms with Gasteiger partial charge in [0.2, 0.25) is 0 Å². The molecule has 36 heavy (non-hydrogen) atoms. The lowest BCUT2D eigenvalue weighted by atomic mass is 10.0. The quantitative estimate of drug-likeness (QED) is 0.339. The minimum atomic E-state index is 0.505. The van der Waals surface area contributed by atoms with E-state index in [-0.39, 0.29) is 0 Å². The highest BCUT2D eigenvalue weighted by atomic mass is 16.5. The van der Waals surface area contributed by atoms with Crippen molar-refractivity contribution >= 4 is 22.3 Å². The van der Waals surface area contributed by atoms with Crippen LogP contribution in [-0.2, 0) is 0 Å². The number of H-pyrrole nitrogens is 1. The maximum atomic E-state index is 9.79. The normalized spacial score (nSPS) is 14.6. The number of rotatable bonds is 8. The fourth-order valence-corrected chi connectivity index (χ4v) is 4.73. The van der Waals surface area contributed by atoms with E-state index < -0.39 is 0 Å². The third-order valence-electron chi connectivity index (χ3n) is 6.98. The lowest BCUT2D eigenvalue weighted by molar-refractivity contribution is 0.145. The maximum absolute atomic E-state index is 9.79. The zero-order valence-corrected chi connectivity index (χ0v) is 20.9. The van der Waals surface area contributed by atoms with Crippen molar-refractivity contribution in [1.82, 2.24) is 19.8 Å². The molecule has 7 heteroatoms. The molecule has 0 radical (unpaired) electrons. The van der Waals surface area contributed by atoms with Gasteiger partial charge in [-0.2, -0.15) is 5.26 Å². The molecule has 0 unspecified atom stereocenters. The first kappa shape index (κ1) is 23.9. The topological polar surface area (TPSA) is 80.2 Å². The zero-order chi connectivity index (χ0) is 24.9. The number of ether oxygens (including phenoxy) is 1. The number of piperazine rings is 1. The van der Waals surface area contributed by atoms with Crippen molar-refractivity contribution in [2.75, 3.05) is 51.7 Å². The van der Waals surface area contributed by atoms with Crippen LogP contribution in [0.1, 0.15) is 17.5 Å². The minimum Gasteiger partial charge on any atom is -0.494 e. The van der Waals surface area contributed by atoms with E-state index in [9.17, 15) is 5.26 Å². The number of hydrogen-bond acceptors (Lipinski definition) is 6. The first-order valence-corrected chi connectivity index (χ1v) is 12.5. The summed E-state index contributed by atoms with van der Waals surface area (Å²) in [5.41, 5.74) is 6.30. The molecular weight excluding hydrogens is 448 g/mol. The number of likely N-dealkylation sites (N-methyl/N-ethyl adjacent to an activating group) is 1. The molecule has 0 amide bonds. The lowest BCUT2D eigenvalue weighted by Gasteiger charge is -2.32.